The highest BCUT2D eigenvalue weighted by Crippen LogP contribution is 2.28. The van der Waals surface area contributed by atoms with Gasteiger partial charge in [-0.25, -0.2) is 8.42 Å². The second-order valence-electron chi connectivity index (χ2n) is 5.28. The lowest BCUT2D eigenvalue weighted by Crippen LogP contribution is -2.38. The van der Waals surface area contributed by atoms with Gasteiger partial charge in [0.1, 0.15) is 6.04 Å². The van der Waals surface area contributed by atoms with E-state index in [1.165, 1.54) is 18.8 Å². The average Bonchev–Trinajstić information content (AvgIpc) is 2.55. The zero-order chi connectivity index (χ0) is 17.7. The summed E-state index contributed by atoms with van der Waals surface area (Å²) in [4.78, 5) is 13.8. The monoisotopic (exact) mass is 364 g/mol. The lowest BCUT2D eigenvalue weighted by atomic mass is 10.1. The lowest BCUT2D eigenvalue weighted by molar-refractivity contribution is -0.119. The van der Waals surface area contributed by atoms with Crippen LogP contribution in [0, 0.1) is 0 Å². The molecule has 24 heavy (non-hydrogen) atoms. The van der Waals surface area contributed by atoms with Gasteiger partial charge in [0, 0.05) is 11.9 Å². The van der Waals surface area contributed by atoms with Gasteiger partial charge in [0.15, 0.2) is 0 Å². The molecule has 0 unspecified atom stereocenters. The number of likely N-dealkylation sites (N-methyl/N-ethyl adjacent to an activating group) is 1. The summed E-state index contributed by atoms with van der Waals surface area (Å²) in [6, 6.07) is 15.3. The van der Waals surface area contributed by atoms with E-state index >= 15 is 0 Å². The standard InChI is InChI=1S/C17H20N2O3S2/c1-19(24(3,21)22)16(13-9-5-4-6-10-13)17(20)18-14-11-7-8-12-15(14)23-2/h4-12,16H,1-3H3,(H,18,20)/t16-/m1/s1. The molecule has 0 spiro atoms. The molecular weight excluding hydrogens is 344 g/mol. The van der Waals surface area contributed by atoms with Crippen molar-refractivity contribution in [2.24, 2.45) is 0 Å². The van der Waals surface area contributed by atoms with Gasteiger partial charge in [0.25, 0.3) is 0 Å². The number of thioether (sulfide) groups is 1. The van der Waals surface area contributed by atoms with Crippen LogP contribution in [0.25, 0.3) is 0 Å². The molecule has 5 nitrogen and oxygen atoms in total. The van der Waals surface area contributed by atoms with Crippen LogP contribution in [0.1, 0.15) is 11.6 Å². The van der Waals surface area contributed by atoms with E-state index in [2.05, 4.69) is 5.32 Å². The Labute approximate surface area is 147 Å². The number of benzene rings is 2. The van der Waals surface area contributed by atoms with Gasteiger partial charge in [0.05, 0.1) is 11.9 Å². The van der Waals surface area contributed by atoms with Crippen molar-refractivity contribution in [1.82, 2.24) is 4.31 Å². The van der Waals surface area contributed by atoms with Gasteiger partial charge in [-0.05, 0) is 24.0 Å². The van der Waals surface area contributed by atoms with Gasteiger partial charge in [-0.1, -0.05) is 42.5 Å². The maximum absolute atomic E-state index is 12.8. The summed E-state index contributed by atoms with van der Waals surface area (Å²) in [6.45, 7) is 0. The number of sulfonamides is 1. The molecule has 128 valence electrons. The van der Waals surface area contributed by atoms with Crippen LogP contribution in [0.4, 0.5) is 5.69 Å². The number of nitrogens with zero attached hydrogens (tertiary/aromatic N) is 1. The number of carbonyl (C=O) groups is 1. The molecule has 7 heteroatoms. The van der Waals surface area contributed by atoms with Crippen LogP contribution in [0.2, 0.25) is 0 Å². The van der Waals surface area contributed by atoms with E-state index in [0.29, 0.717) is 11.3 Å². The summed E-state index contributed by atoms with van der Waals surface area (Å²) in [6.07, 6.45) is 3.01. The number of carbonyl (C=O) groups excluding carboxylic acids is 1. The minimum Gasteiger partial charge on any atom is -0.323 e. The summed E-state index contributed by atoms with van der Waals surface area (Å²) < 4.78 is 25.0. The predicted octanol–water partition coefficient (Wildman–Crippen LogP) is 2.98. The van der Waals surface area contributed by atoms with Crippen LogP contribution in [0.5, 0.6) is 0 Å². The molecule has 1 atom stereocenters. The molecule has 1 N–H and O–H groups in total. The van der Waals surface area contributed by atoms with Gasteiger partial charge in [0.2, 0.25) is 15.9 Å². The zero-order valence-corrected chi connectivity index (χ0v) is 15.4. The van der Waals surface area contributed by atoms with Crippen molar-refractivity contribution in [1.29, 1.82) is 0 Å². The molecule has 0 radical (unpaired) electrons. The molecule has 0 aromatic heterocycles. The molecule has 1 amide bonds. The normalized spacial score (nSPS) is 12.8. The quantitative estimate of drug-likeness (QED) is 0.800. The second kappa shape index (κ2) is 7.83. The molecule has 0 saturated carbocycles. The van der Waals surface area contributed by atoms with Gasteiger partial charge in [-0.3, -0.25) is 4.79 Å². The molecule has 2 aromatic carbocycles. The molecule has 0 saturated heterocycles. The van der Waals surface area contributed by atoms with Gasteiger partial charge >= 0.3 is 0 Å². The van der Waals surface area contributed by atoms with E-state index in [0.717, 1.165) is 15.5 Å². The molecule has 0 aliphatic rings. The fraction of sp³-hybridized carbons (Fsp3) is 0.235. The van der Waals surface area contributed by atoms with Gasteiger partial charge in [-0.15, -0.1) is 11.8 Å². The van der Waals surface area contributed by atoms with Crippen LogP contribution >= 0.6 is 11.8 Å². The second-order valence-corrected chi connectivity index (χ2v) is 8.17. The molecule has 0 aliphatic heterocycles. The lowest BCUT2D eigenvalue weighted by Gasteiger charge is -2.26. The zero-order valence-electron chi connectivity index (χ0n) is 13.8. The highest BCUT2D eigenvalue weighted by atomic mass is 32.2. The number of amides is 1. The van der Waals surface area contributed by atoms with E-state index < -0.39 is 22.0 Å². The van der Waals surface area contributed by atoms with Crippen molar-refractivity contribution >= 4 is 33.4 Å². The first-order chi connectivity index (χ1) is 11.3. The first kappa shape index (κ1) is 18.5. The van der Waals surface area contributed by atoms with Gasteiger partial charge < -0.3 is 5.32 Å². The fourth-order valence-electron chi connectivity index (χ4n) is 2.30. The SMILES string of the molecule is CSc1ccccc1NC(=O)[C@@H](c1ccccc1)N(C)S(C)(=O)=O. The number of anilines is 1. The topological polar surface area (TPSA) is 66.5 Å². The van der Waals surface area contributed by atoms with E-state index in [1.54, 1.807) is 30.3 Å². The Kier molecular flexibility index (Phi) is 6.04. The molecule has 0 fully saturated rings. The van der Waals surface area contributed by atoms with Crippen molar-refractivity contribution in [3.8, 4) is 0 Å². The number of para-hydroxylation sites is 1. The molecule has 2 aromatic rings. The molecular formula is C17H20N2O3S2. The number of hydrogen-bond acceptors (Lipinski definition) is 4. The van der Waals surface area contributed by atoms with Crippen LogP contribution < -0.4 is 5.32 Å². The number of hydrogen-bond donors (Lipinski definition) is 1. The maximum Gasteiger partial charge on any atom is 0.247 e. The first-order valence-electron chi connectivity index (χ1n) is 7.26. The Hall–Kier alpha value is -1.83. The highest BCUT2D eigenvalue weighted by Gasteiger charge is 2.31. The van der Waals surface area contributed by atoms with Gasteiger partial charge in [-0.2, -0.15) is 4.31 Å². The van der Waals surface area contributed by atoms with E-state index in [1.807, 2.05) is 30.5 Å². The van der Waals surface area contributed by atoms with Crippen molar-refractivity contribution < 1.29 is 13.2 Å². The Morgan fingerprint density at radius 2 is 1.67 bits per heavy atom. The minimum absolute atomic E-state index is 0.393. The Morgan fingerprint density at radius 1 is 1.08 bits per heavy atom. The summed E-state index contributed by atoms with van der Waals surface area (Å²) in [7, 11) is -2.13. The van der Waals surface area contributed by atoms with Crippen LogP contribution in [-0.4, -0.2) is 38.2 Å². The first-order valence-corrected chi connectivity index (χ1v) is 10.3. The number of nitrogens with one attached hydrogen (secondary N) is 1. The van der Waals surface area contributed by atoms with E-state index in [-0.39, 0.29) is 0 Å². The average molecular weight is 364 g/mol. The van der Waals surface area contributed by atoms with Crippen molar-refractivity contribution in [2.45, 2.75) is 10.9 Å². The minimum atomic E-state index is -3.54. The number of rotatable bonds is 6. The third-order valence-electron chi connectivity index (χ3n) is 3.62. The Morgan fingerprint density at radius 3 is 2.25 bits per heavy atom. The summed E-state index contributed by atoms with van der Waals surface area (Å²) in [5, 5.41) is 2.85. The highest BCUT2D eigenvalue weighted by molar-refractivity contribution is 7.98. The molecule has 2 rings (SSSR count). The Bertz CT molecular complexity index is 808. The largest absolute Gasteiger partial charge is 0.323 e. The Balaban J connectivity index is 2.38. The van der Waals surface area contributed by atoms with Crippen molar-refractivity contribution in [3.63, 3.8) is 0 Å². The summed E-state index contributed by atoms with van der Waals surface area (Å²) in [5.74, 6) is -0.393. The van der Waals surface area contributed by atoms with Crippen LogP contribution in [0.3, 0.4) is 0 Å². The fourth-order valence-corrected chi connectivity index (χ4v) is 3.46. The third-order valence-corrected chi connectivity index (χ3v) is 5.67. The molecule has 0 aliphatic carbocycles. The van der Waals surface area contributed by atoms with E-state index in [9.17, 15) is 13.2 Å². The van der Waals surface area contributed by atoms with Crippen LogP contribution in [-0.2, 0) is 14.8 Å². The van der Waals surface area contributed by atoms with E-state index in [4.69, 9.17) is 0 Å². The van der Waals surface area contributed by atoms with Crippen molar-refractivity contribution in [2.75, 3.05) is 24.9 Å². The summed E-state index contributed by atoms with van der Waals surface area (Å²) in [5.41, 5.74) is 1.28. The van der Waals surface area contributed by atoms with Crippen molar-refractivity contribution in [3.05, 3.63) is 60.2 Å². The third kappa shape index (κ3) is 4.37. The molecule has 0 heterocycles. The molecule has 0 bridgehead atoms. The van der Waals surface area contributed by atoms with Crippen LogP contribution in [0.15, 0.2) is 59.5 Å². The smallest absolute Gasteiger partial charge is 0.247 e. The summed E-state index contributed by atoms with van der Waals surface area (Å²) >= 11 is 1.51. The maximum atomic E-state index is 12.8. The predicted molar refractivity (Wildman–Crippen MR) is 98.6 cm³/mol.